The fourth-order valence-electron chi connectivity index (χ4n) is 2.70. The SMILES string of the molecule is O=c1n(-c2ccccc2)nc2n1[C@@H](c1cc(F)cc(F)c1)CS2. The Labute approximate surface area is 134 Å². The first-order chi connectivity index (χ1) is 11.1. The summed E-state index contributed by atoms with van der Waals surface area (Å²) in [6.07, 6.45) is 0. The second-order valence-electron chi connectivity index (χ2n) is 5.21. The molecule has 4 rings (SSSR count). The zero-order valence-corrected chi connectivity index (χ0v) is 12.6. The Morgan fingerprint density at radius 1 is 1.09 bits per heavy atom. The Morgan fingerprint density at radius 3 is 2.48 bits per heavy atom. The van der Waals surface area contributed by atoms with Crippen LogP contribution in [0.25, 0.3) is 5.69 Å². The number of thioether (sulfide) groups is 1. The number of fused-ring (bicyclic) bond motifs is 1. The highest BCUT2D eigenvalue weighted by molar-refractivity contribution is 7.99. The molecule has 7 heteroatoms. The van der Waals surface area contributed by atoms with Gasteiger partial charge in [0.1, 0.15) is 11.6 Å². The minimum atomic E-state index is -0.651. The van der Waals surface area contributed by atoms with Crippen molar-refractivity contribution >= 4 is 11.8 Å². The summed E-state index contributed by atoms with van der Waals surface area (Å²) in [6.45, 7) is 0. The fraction of sp³-hybridized carbons (Fsp3) is 0.125. The molecule has 0 unspecified atom stereocenters. The van der Waals surface area contributed by atoms with E-state index in [1.54, 1.807) is 12.1 Å². The molecule has 1 aromatic heterocycles. The molecule has 0 fully saturated rings. The van der Waals surface area contributed by atoms with E-state index < -0.39 is 17.7 Å². The molecule has 0 saturated heterocycles. The third-order valence-electron chi connectivity index (χ3n) is 3.73. The first-order valence-corrected chi connectivity index (χ1v) is 7.98. The van der Waals surface area contributed by atoms with Gasteiger partial charge >= 0.3 is 5.69 Å². The van der Waals surface area contributed by atoms with Gasteiger partial charge in [0.25, 0.3) is 0 Å². The molecule has 2 aromatic carbocycles. The van der Waals surface area contributed by atoms with E-state index in [1.165, 1.54) is 33.1 Å². The maximum atomic E-state index is 13.5. The van der Waals surface area contributed by atoms with Crippen molar-refractivity contribution in [3.63, 3.8) is 0 Å². The van der Waals surface area contributed by atoms with Crippen LogP contribution in [0.3, 0.4) is 0 Å². The van der Waals surface area contributed by atoms with Crippen LogP contribution in [-0.2, 0) is 0 Å². The lowest BCUT2D eigenvalue weighted by Gasteiger charge is -2.11. The summed E-state index contributed by atoms with van der Waals surface area (Å²) in [4.78, 5) is 12.7. The van der Waals surface area contributed by atoms with Gasteiger partial charge in [-0.3, -0.25) is 4.57 Å². The Balaban J connectivity index is 1.83. The normalized spacial score (nSPS) is 16.5. The predicted molar refractivity (Wildman–Crippen MR) is 83.0 cm³/mol. The van der Waals surface area contributed by atoms with E-state index in [0.29, 0.717) is 22.2 Å². The molecule has 1 aliphatic heterocycles. The Bertz CT molecular complexity index is 916. The van der Waals surface area contributed by atoms with Crippen molar-refractivity contribution in [1.82, 2.24) is 14.3 Å². The van der Waals surface area contributed by atoms with E-state index in [1.807, 2.05) is 18.2 Å². The average molecular weight is 331 g/mol. The van der Waals surface area contributed by atoms with E-state index >= 15 is 0 Å². The number of aromatic nitrogens is 3. The zero-order valence-electron chi connectivity index (χ0n) is 11.8. The molecule has 0 spiro atoms. The van der Waals surface area contributed by atoms with Crippen LogP contribution in [0.4, 0.5) is 8.78 Å². The molecule has 0 radical (unpaired) electrons. The second kappa shape index (κ2) is 5.34. The van der Waals surface area contributed by atoms with Crippen molar-refractivity contribution in [3.8, 4) is 5.69 Å². The zero-order chi connectivity index (χ0) is 16.0. The highest BCUT2D eigenvalue weighted by atomic mass is 32.2. The minimum Gasteiger partial charge on any atom is -0.261 e. The van der Waals surface area contributed by atoms with E-state index in [9.17, 15) is 13.6 Å². The first kappa shape index (κ1) is 14.2. The van der Waals surface area contributed by atoms with Crippen molar-refractivity contribution in [2.45, 2.75) is 11.2 Å². The van der Waals surface area contributed by atoms with Gasteiger partial charge in [-0.1, -0.05) is 30.0 Å². The smallest absolute Gasteiger partial charge is 0.261 e. The van der Waals surface area contributed by atoms with Crippen LogP contribution in [0.5, 0.6) is 0 Å². The molecule has 116 valence electrons. The molecule has 0 aliphatic carbocycles. The van der Waals surface area contributed by atoms with Crippen molar-refractivity contribution < 1.29 is 8.78 Å². The molecule has 2 heterocycles. The molecule has 0 bridgehead atoms. The van der Waals surface area contributed by atoms with Gasteiger partial charge in [-0.2, -0.15) is 4.68 Å². The van der Waals surface area contributed by atoms with E-state index in [-0.39, 0.29) is 5.69 Å². The molecule has 0 N–H and O–H groups in total. The highest BCUT2D eigenvalue weighted by Crippen LogP contribution is 2.35. The van der Waals surface area contributed by atoms with Gasteiger partial charge < -0.3 is 0 Å². The summed E-state index contributed by atoms with van der Waals surface area (Å²) < 4.78 is 29.7. The summed E-state index contributed by atoms with van der Waals surface area (Å²) in [6, 6.07) is 12.0. The van der Waals surface area contributed by atoms with Gasteiger partial charge in [0.05, 0.1) is 11.7 Å². The van der Waals surface area contributed by atoms with E-state index in [0.717, 1.165) is 6.07 Å². The summed E-state index contributed by atoms with van der Waals surface area (Å²) in [5.74, 6) is -0.778. The van der Waals surface area contributed by atoms with E-state index in [4.69, 9.17) is 0 Å². The summed E-state index contributed by atoms with van der Waals surface area (Å²) in [7, 11) is 0. The number of rotatable bonds is 2. The van der Waals surface area contributed by atoms with Crippen LogP contribution in [-0.4, -0.2) is 20.1 Å². The van der Waals surface area contributed by atoms with Crippen LogP contribution in [0, 0.1) is 11.6 Å². The predicted octanol–water partition coefficient (Wildman–Crippen LogP) is 3.01. The lowest BCUT2D eigenvalue weighted by molar-refractivity contribution is 0.555. The number of nitrogens with zero attached hydrogens (tertiary/aromatic N) is 3. The summed E-state index contributed by atoms with van der Waals surface area (Å²) >= 11 is 1.40. The van der Waals surface area contributed by atoms with Crippen LogP contribution in [0.2, 0.25) is 0 Å². The number of hydrogen-bond acceptors (Lipinski definition) is 3. The molecule has 0 amide bonds. The molecule has 1 aliphatic rings. The van der Waals surface area contributed by atoms with Crippen LogP contribution < -0.4 is 5.69 Å². The lowest BCUT2D eigenvalue weighted by atomic mass is 10.1. The number of halogens is 2. The standard InChI is InChI=1S/C16H11F2N3OS/c17-11-6-10(7-12(18)8-11)14-9-23-15-19-21(16(22)20(14)15)13-4-2-1-3-5-13/h1-8,14H,9H2/t14-/m1/s1. The molecule has 3 aromatic rings. The molecular weight excluding hydrogens is 320 g/mol. The monoisotopic (exact) mass is 331 g/mol. The quantitative estimate of drug-likeness (QED) is 0.725. The van der Waals surface area contributed by atoms with E-state index in [2.05, 4.69) is 5.10 Å². The lowest BCUT2D eigenvalue weighted by Crippen LogP contribution is -2.27. The first-order valence-electron chi connectivity index (χ1n) is 6.99. The van der Waals surface area contributed by atoms with Crippen LogP contribution >= 0.6 is 11.8 Å². The number of benzene rings is 2. The van der Waals surface area contributed by atoms with Crippen LogP contribution in [0.1, 0.15) is 11.6 Å². The molecule has 0 saturated carbocycles. The minimum absolute atomic E-state index is 0.314. The van der Waals surface area contributed by atoms with Gasteiger partial charge in [0, 0.05) is 11.8 Å². The molecule has 4 nitrogen and oxygen atoms in total. The maximum absolute atomic E-state index is 13.5. The fourth-order valence-corrected chi connectivity index (χ4v) is 3.84. The summed E-state index contributed by atoms with van der Waals surface area (Å²) in [5.41, 5.74) is 0.776. The van der Waals surface area contributed by atoms with Gasteiger partial charge in [0.2, 0.25) is 0 Å². The van der Waals surface area contributed by atoms with Gasteiger partial charge in [-0.25, -0.2) is 13.6 Å². The molecule has 23 heavy (non-hydrogen) atoms. The number of hydrogen-bond donors (Lipinski definition) is 0. The van der Waals surface area contributed by atoms with Crippen molar-refractivity contribution in [2.75, 3.05) is 5.75 Å². The largest absolute Gasteiger partial charge is 0.352 e. The van der Waals surface area contributed by atoms with Gasteiger partial charge in [-0.15, -0.1) is 5.10 Å². The van der Waals surface area contributed by atoms with Crippen molar-refractivity contribution in [3.05, 3.63) is 76.2 Å². The van der Waals surface area contributed by atoms with Crippen LogP contribution in [0.15, 0.2) is 58.5 Å². The Kier molecular flexibility index (Phi) is 3.30. The second-order valence-corrected chi connectivity index (χ2v) is 6.20. The maximum Gasteiger partial charge on any atom is 0.352 e. The Hall–Kier alpha value is -2.41. The average Bonchev–Trinajstić information content (AvgIpc) is 3.08. The topological polar surface area (TPSA) is 39.8 Å². The number of para-hydroxylation sites is 1. The third kappa shape index (κ3) is 2.37. The van der Waals surface area contributed by atoms with Crippen molar-refractivity contribution in [2.24, 2.45) is 0 Å². The summed E-state index contributed by atoms with van der Waals surface area (Å²) in [5, 5.41) is 4.87. The Morgan fingerprint density at radius 2 is 1.78 bits per heavy atom. The third-order valence-corrected chi connectivity index (χ3v) is 4.75. The highest BCUT2D eigenvalue weighted by Gasteiger charge is 2.30. The van der Waals surface area contributed by atoms with Crippen molar-refractivity contribution in [1.29, 1.82) is 0 Å². The van der Waals surface area contributed by atoms with Gasteiger partial charge in [0.15, 0.2) is 5.16 Å². The molecular formula is C16H11F2N3OS. The van der Waals surface area contributed by atoms with Gasteiger partial charge in [-0.05, 0) is 29.8 Å². The molecule has 1 atom stereocenters.